The molecule has 0 aliphatic carbocycles. The summed E-state index contributed by atoms with van der Waals surface area (Å²) in [6, 6.07) is 9.91. The highest BCUT2D eigenvalue weighted by Gasteiger charge is 2.30. The summed E-state index contributed by atoms with van der Waals surface area (Å²) in [5.74, 6) is -0.291. The van der Waals surface area contributed by atoms with E-state index in [1.54, 1.807) is 18.2 Å². The van der Waals surface area contributed by atoms with Gasteiger partial charge in [-0.05, 0) is 18.2 Å². The van der Waals surface area contributed by atoms with Crippen LogP contribution in [0.3, 0.4) is 0 Å². The number of nitro benzene ring substituents is 1. The van der Waals surface area contributed by atoms with Crippen molar-refractivity contribution in [2.45, 2.75) is 11.4 Å². The van der Waals surface area contributed by atoms with E-state index in [0.29, 0.717) is 25.2 Å². The number of rotatable bonds is 5. The number of halogens is 2. The molecule has 0 N–H and O–H groups in total. The van der Waals surface area contributed by atoms with Crippen LogP contribution in [0.15, 0.2) is 47.4 Å². The molecule has 0 bridgehead atoms. The van der Waals surface area contributed by atoms with Crippen molar-refractivity contribution >= 4 is 27.3 Å². The molecule has 7 nitrogen and oxygen atoms in total. The van der Waals surface area contributed by atoms with Crippen molar-refractivity contribution < 1.29 is 17.7 Å². The smallest absolute Gasteiger partial charge is 0.289 e. The van der Waals surface area contributed by atoms with Crippen LogP contribution < -0.4 is 0 Å². The summed E-state index contributed by atoms with van der Waals surface area (Å²) in [4.78, 5) is 12.1. The molecule has 0 unspecified atom stereocenters. The van der Waals surface area contributed by atoms with Gasteiger partial charge in [0.2, 0.25) is 10.0 Å². The van der Waals surface area contributed by atoms with E-state index in [4.69, 9.17) is 11.6 Å². The fourth-order valence-electron chi connectivity index (χ4n) is 2.94. The van der Waals surface area contributed by atoms with Gasteiger partial charge in [0.05, 0.1) is 9.82 Å². The van der Waals surface area contributed by atoms with E-state index in [-0.39, 0.29) is 28.8 Å². The van der Waals surface area contributed by atoms with E-state index < -0.39 is 20.6 Å². The Hall–Kier alpha value is -2.07. The molecule has 0 radical (unpaired) electrons. The van der Waals surface area contributed by atoms with Crippen molar-refractivity contribution in [3.8, 4) is 0 Å². The largest absolute Gasteiger partial charge is 0.296 e. The highest BCUT2D eigenvalue weighted by atomic mass is 35.5. The number of nitro groups is 1. The predicted octanol–water partition coefficient (Wildman–Crippen LogP) is 2.89. The zero-order valence-corrected chi connectivity index (χ0v) is 15.8. The van der Waals surface area contributed by atoms with Crippen LogP contribution in [0.1, 0.15) is 5.56 Å². The zero-order valence-electron chi connectivity index (χ0n) is 14.2. The topological polar surface area (TPSA) is 83.8 Å². The maximum atomic E-state index is 13.8. The minimum atomic E-state index is -3.87. The highest BCUT2D eigenvalue weighted by Crippen LogP contribution is 2.29. The molecule has 0 amide bonds. The lowest BCUT2D eigenvalue weighted by atomic mass is 10.2. The molecular weight excluding hydrogens is 397 g/mol. The van der Waals surface area contributed by atoms with E-state index in [1.165, 1.54) is 22.5 Å². The van der Waals surface area contributed by atoms with Crippen molar-refractivity contribution in [1.82, 2.24) is 9.21 Å². The van der Waals surface area contributed by atoms with Gasteiger partial charge in [-0.3, -0.25) is 15.0 Å². The molecule has 0 aromatic heterocycles. The molecule has 3 rings (SSSR count). The SMILES string of the molecule is O=[N+]([O-])c1cc(S(=O)(=O)N2CCN(Cc3ccccc3F)CC2)ccc1Cl. The Balaban J connectivity index is 1.71. The Morgan fingerprint density at radius 3 is 2.41 bits per heavy atom. The van der Waals surface area contributed by atoms with Crippen LogP contribution in [-0.4, -0.2) is 48.7 Å². The summed E-state index contributed by atoms with van der Waals surface area (Å²) in [6.45, 7) is 1.69. The fraction of sp³-hybridized carbons (Fsp3) is 0.294. The van der Waals surface area contributed by atoms with Gasteiger partial charge >= 0.3 is 0 Å². The third-order valence-corrected chi connectivity index (χ3v) is 6.65. The summed E-state index contributed by atoms with van der Waals surface area (Å²) in [5.41, 5.74) is 0.109. The first-order valence-electron chi connectivity index (χ1n) is 8.19. The van der Waals surface area contributed by atoms with Crippen LogP contribution in [0.2, 0.25) is 5.02 Å². The van der Waals surface area contributed by atoms with Gasteiger partial charge in [0.25, 0.3) is 5.69 Å². The zero-order chi connectivity index (χ0) is 19.6. The van der Waals surface area contributed by atoms with Crippen LogP contribution in [0.25, 0.3) is 0 Å². The number of benzene rings is 2. The van der Waals surface area contributed by atoms with Gasteiger partial charge in [-0.25, -0.2) is 12.8 Å². The Morgan fingerprint density at radius 1 is 1.11 bits per heavy atom. The molecule has 1 heterocycles. The summed E-state index contributed by atoms with van der Waals surface area (Å²) in [5, 5.41) is 10.9. The standard InChI is InChI=1S/C17H17ClFN3O4S/c18-15-6-5-14(11-17(15)22(23)24)27(25,26)21-9-7-20(8-10-21)12-13-3-1-2-4-16(13)19/h1-6,11H,7-10,12H2. The third kappa shape index (κ3) is 4.27. The normalized spacial score (nSPS) is 16.4. The third-order valence-electron chi connectivity index (χ3n) is 4.44. The van der Waals surface area contributed by atoms with Crippen molar-refractivity contribution in [1.29, 1.82) is 0 Å². The van der Waals surface area contributed by atoms with Crippen LogP contribution in [0.5, 0.6) is 0 Å². The molecule has 1 saturated heterocycles. The molecule has 1 aliphatic heterocycles. The van der Waals surface area contributed by atoms with Crippen LogP contribution in [0, 0.1) is 15.9 Å². The van der Waals surface area contributed by atoms with Crippen molar-refractivity contribution in [2.75, 3.05) is 26.2 Å². The van der Waals surface area contributed by atoms with Crippen molar-refractivity contribution in [2.24, 2.45) is 0 Å². The molecule has 1 fully saturated rings. The predicted molar refractivity (Wildman–Crippen MR) is 98.5 cm³/mol. The molecular formula is C17H17ClFN3O4S. The van der Waals surface area contributed by atoms with Gasteiger partial charge < -0.3 is 0 Å². The van der Waals surface area contributed by atoms with Crippen LogP contribution in [-0.2, 0) is 16.6 Å². The molecule has 0 saturated carbocycles. The highest BCUT2D eigenvalue weighted by molar-refractivity contribution is 7.89. The van der Waals surface area contributed by atoms with E-state index >= 15 is 0 Å². The average Bonchev–Trinajstić information content (AvgIpc) is 2.64. The van der Waals surface area contributed by atoms with E-state index in [1.807, 2.05) is 4.90 Å². The number of piperazine rings is 1. The van der Waals surface area contributed by atoms with Gasteiger partial charge in [-0.15, -0.1) is 0 Å². The Kier molecular flexibility index (Phi) is 5.75. The second-order valence-corrected chi connectivity index (χ2v) is 8.49. The fourth-order valence-corrected chi connectivity index (χ4v) is 4.57. The molecule has 10 heteroatoms. The van der Waals surface area contributed by atoms with Crippen LogP contribution >= 0.6 is 11.6 Å². The second-order valence-electron chi connectivity index (χ2n) is 6.14. The number of sulfonamides is 1. The molecule has 27 heavy (non-hydrogen) atoms. The minimum absolute atomic E-state index is 0.117. The molecule has 2 aromatic rings. The summed E-state index contributed by atoms with van der Waals surface area (Å²) < 4.78 is 40.6. The monoisotopic (exact) mass is 413 g/mol. The van der Waals surface area contributed by atoms with E-state index in [2.05, 4.69) is 0 Å². The summed E-state index contributed by atoms with van der Waals surface area (Å²) in [6.07, 6.45) is 0. The first kappa shape index (κ1) is 19.7. The van der Waals surface area contributed by atoms with Gasteiger partial charge in [-0.1, -0.05) is 29.8 Å². The van der Waals surface area contributed by atoms with E-state index in [9.17, 15) is 22.9 Å². The lowest BCUT2D eigenvalue weighted by Crippen LogP contribution is -2.48. The number of nitrogens with zero attached hydrogens (tertiary/aromatic N) is 3. The molecule has 2 aromatic carbocycles. The molecule has 0 atom stereocenters. The lowest BCUT2D eigenvalue weighted by Gasteiger charge is -2.34. The first-order chi connectivity index (χ1) is 12.8. The molecule has 0 spiro atoms. The Labute approximate surface area is 161 Å². The van der Waals surface area contributed by atoms with Gasteiger partial charge in [0.1, 0.15) is 10.8 Å². The van der Waals surface area contributed by atoms with Crippen LogP contribution in [0.4, 0.5) is 10.1 Å². The molecule has 144 valence electrons. The van der Waals surface area contributed by atoms with Gasteiger partial charge in [0.15, 0.2) is 0 Å². The van der Waals surface area contributed by atoms with Gasteiger partial charge in [0, 0.05) is 44.4 Å². The minimum Gasteiger partial charge on any atom is -0.296 e. The number of hydrogen-bond acceptors (Lipinski definition) is 5. The quantitative estimate of drug-likeness (QED) is 0.556. The number of hydrogen-bond donors (Lipinski definition) is 0. The van der Waals surface area contributed by atoms with E-state index in [0.717, 1.165) is 6.07 Å². The first-order valence-corrected chi connectivity index (χ1v) is 10.0. The second kappa shape index (κ2) is 7.89. The van der Waals surface area contributed by atoms with Crippen molar-refractivity contribution in [3.05, 3.63) is 69.0 Å². The Bertz CT molecular complexity index is 962. The summed E-state index contributed by atoms with van der Waals surface area (Å²) in [7, 11) is -3.87. The Morgan fingerprint density at radius 2 is 1.78 bits per heavy atom. The van der Waals surface area contributed by atoms with Crippen molar-refractivity contribution in [3.63, 3.8) is 0 Å². The lowest BCUT2D eigenvalue weighted by molar-refractivity contribution is -0.384. The maximum absolute atomic E-state index is 13.8. The average molecular weight is 414 g/mol. The van der Waals surface area contributed by atoms with Gasteiger partial charge in [-0.2, -0.15) is 4.31 Å². The maximum Gasteiger partial charge on any atom is 0.289 e. The molecule has 1 aliphatic rings. The summed E-state index contributed by atoms with van der Waals surface area (Å²) >= 11 is 5.75.